The molecule has 2 unspecified atom stereocenters. The fourth-order valence-corrected chi connectivity index (χ4v) is 8.00. The van der Waals surface area contributed by atoms with Gasteiger partial charge >= 0.3 is 0 Å². The second-order valence-corrected chi connectivity index (χ2v) is 11.5. The first-order valence-corrected chi connectivity index (χ1v) is 13.2. The number of pyridine rings is 1. The van der Waals surface area contributed by atoms with Crippen molar-refractivity contribution in [2.24, 2.45) is 5.92 Å². The van der Waals surface area contributed by atoms with Crippen LogP contribution in [0.5, 0.6) is 23.0 Å². The molecule has 0 amide bonds. The van der Waals surface area contributed by atoms with Gasteiger partial charge in [0.15, 0.2) is 29.1 Å². The summed E-state index contributed by atoms with van der Waals surface area (Å²) in [4.78, 5) is 7.62. The second kappa shape index (κ2) is 6.99. The lowest BCUT2D eigenvalue weighted by molar-refractivity contribution is -0.173. The van der Waals surface area contributed by atoms with E-state index in [1.807, 2.05) is 18.2 Å². The Morgan fingerprint density at radius 3 is 2.73 bits per heavy atom. The van der Waals surface area contributed by atoms with Crippen LogP contribution in [-0.2, 0) is 18.3 Å². The van der Waals surface area contributed by atoms with Crippen LogP contribution in [0, 0.1) is 5.92 Å². The van der Waals surface area contributed by atoms with Gasteiger partial charge in [0.1, 0.15) is 0 Å². The summed E-state index contributed by atoms with van der Waals surface area (Å²) in [5.74, 6) is 2.49. The first kappa shape index (κ1) is 21.8. The normalized spacial score (nSPS) is 31.0. The van der Waals surface area contributed by atoms with Crippen LogP contribution in [0.25, 0.3) is 10.9 Å². The molecule has 4 atom stereocenters. The second-order valence-electron chi connectivity index (χ2n) is 11.5. The van der Waals surface area contributed by atoms with Gasteiger partial charge in [-0.2, -0.15) is 0 Å². The Labute approximate surface area is 214 Å². The monoisotopic (exact) mass is 501 g/mol. The minimum Gasteiger partial charge on any atom is -0.504 e. The van der Waals surface area contributed by atoms with Crippen LogP contribution in [0.4, 0.5) is 5.69 Å². The van der Waals surface area contributed by atoms with Crippen molar-refractivity contribution in [1.82, 2.24) is 9.88 Å². The van der Waals surface area contributed by atoms with Crippen molar-refractivity contribution in [1.29, 1.82) is 0 Å². The highest BCUT2D eigenvalue weighted by atomic mass is 16.5. The molecule has 8 heteroatoms. The van der Waals surface area contributed by atoms with E-state index < -0.39 is 17.1 Å². The number of ether oxygens (including phenoxy) is 3. The number of fused-ring (bicyclic) bond motifs is 3. The summed E-state index contributed by atoms with van der Waals surface area (Å²) in [5, 5.41) is 24.5. The first-order chi connectivity index (χ1) is 17.9. The highest BCUT2D eigenvalue weighted by Crippen LogP contribution is 2.69. The number of hydrogen-bond acceptors (Lipinski definition) is 8. The molecule has 2 bridgehead atoms. The van der Waals surface area contributed by atoms with Crippen LogP contribution in [0.2, 0.25) is 0 Å². The maximum absolute atomic E-state index is 12.9. The zero-order valence-electron chi connectivity index (χ0n) is 21.1. The SMILES string of the molecule is COc1cc2nc3c(c(N)c2cc1OC)CC1(O)[C@@H]2Cc4ccc(O)c5c4[C@@]1(CCN2CC1CC1)C3O5. The molecule has 4 N–H and O–H groups in total. The standard InChI is InChI=1S/C29H31N3O5/c1-35-20-10-16-18(11-21(20)36-2)31-25-17(24(16)30)12-29(34)22-9-15-5-6-19(33)26-23(15)28(29,27(25)37-26)7-8-32(22)13-14-3-4-14/h5-6,10-11,14,22,27,33-34H,3-4,7-9,12-13H2,1-2H3,(H2,30,31)/t22-,27?,28-,29?/m0/s1. The fraction of sp³-hybridized carbons (Fsp3) is 0.483. The summed E-state index contributed by atoms with van der Waals surface area (Å²) in [6.45, 7) is 1.91. The lowest BCUT2D eigenvalue weighted by atomic mass is 9.48. The Bertz CT molecular complexity index is 1500. The first-order valence-electron chi connectivity index (χ1n) is 13.2. The number of aromatic hydroxyl groups is 1. The lowest BCUT2D eigenvalue weighted by Crippen LogP contribution is -2.74. The van der Waals surface area contributed by atoms with Gasteiger partial charge in [0.25, 0.3) is 0 Å². The largest absolute Gasteiger partial charge is 0.504 e. The number of rotatable bonds is 4. The summed E-state index contributed by atoms with van der Waals surface area (Å²) in [5.41, 5.74) is 10.1. The Morgan fingerprint density at radius 1 is 1.19 bits per heavy atom. The number of aromatic nitrogens is 1. The summed E-state index contributed by atoms with van der Waals surface area (Å²) < 4.78 is 17.7. The van der Waals surface area contributed by atoms with Crippen LogP contribution in [-0.4, -0.2) is 59.0 Å². The number of anilines is 1. The van der Waals surface area contributed by atoms with E-state index in [9.17, 15) is 10.2 Å². The predicted octanol–water partition coefficient (Wildman–Crippen LogP) is 3.24. The van der Waals surface area contributed by atoms with Crippen molar-refractivity contribution in [2.75, 3.05) is 33.0 Å². The molecule has 2 aliphatic heterocycles. The Morgan fingerprint density at radius 2 is 1.97 bits per heavy atom. The lowest BCUT2D eigenvalue weighted by Gasteiger charge is -2.63. The summed E-state index contributed by atoms with van der Waals surface area (Å²) in [7, 11) is 3.20. The van der Waals surface area contributed by atoms with Gasteiger partial charge in [-0.3, -0.25) is 4.90 Å². The molecule has 37 heavy (non-hydrogen) atoms. The molecule has 1 saturated heterocycles. The molecule has 1 spiro atoms. The third kappa shape index (κ3) is 2.53. The van der Waals surface area contributed by atoms with Gasteiger partial charge in [-0.05, 0) is 55.8 Å². The maximum atomic E-state index is 12.9. The number of nitrogens with zero attached hydrogens (tertiary/aromatic N) is 2. The van der Waals surface area contributed by atoms with E-state index >= 15 is 0 Å². The number of nitrogen functional groups attached to an aromatic ring is 1. The fourth-order valence-electron chi connectivity index (χ4n) is 8.00. The number of methoxy groups -OCH3 is 2. The number of likely N-dealkylation sites (tertiary alicyclic amines) is 1. The third-order valence-electron chi connectivity index (χ3n) is 9.88. The number of nitrogens with two attached hydrogens (primary N) is 1. The number of phenols is 1. The molecular weight excluding hydrogens is 470 g/mol. The van der Waals surface area contributed by atoms with Gasteiger partial charge in [0.2, 0.25) is 0 Å². The number of piperidine rings is 1. The molecule has 3 heterocycles. The van der Waals surface area contributed by atoms with Gasteiger partial charge in [-0.25, -0.2) is 4.98 Å². The average Bonchev–Trinajstić information content (AvgIpc) is 3.64. The summed E-state index contributed by atoms with van der Waals surface area (Å²) in [6.07, 6.45) is 3.87. The van der Waals surface area contributed by atoms with E-state index in [0.717, 1.165) is 59.6 Å². The number of benzene rings is 2. The van der Waals surface area contributed by atoms with E-state index in [1.54, 1.807) is 20.3 Å². The smallest absolute Gasteiger partial charge is 0.166 e. The van der Waals surface area contributed by atoms with Crippen LogP contribution in [0.15, 0.2) is 24.3 Å². The van der Waals surface area contributed by atoms with Gasteiger partial charge in [-0.1, -0.05) is 6.07 Å². The molecule has 192 valence electrons. The Kier molecular flexibility index (Phi) is 4.12. The molecule has 8 nitrogen and oxygen atoms in total. The van der Waals surface area contributed by atoms with Gasteiger partial charge in [-0.15, -0.1) is 0 Å². The molecule has 3 aliphatic carbocycles. The quantitative estimate of drug-likeness (QED) is 0.500. The molecule has 3 aromatic rings. The van der Waals surface area contributed by atoms with E-state index in [0.29, 0.717) is 34.9 Å². The van der Waals surface area contributed by atoms with Crippen LogP contribution < -0.4 is 19.9 Å². The number of aliphatic hydroxyl groups is 1. The summed E-state index contributed by atoms with van der Waals surface area (Å²) >= 11 is 0. The van der Waals surface area contributed by atoms with Gasteiger partial charge < -0.3 is 30.2 Å². The topological polar surface area (TPSA) is 110 Å². The molecular formula is C29H31N3O5. The summed E-state index contributed by atoms with van der Waals surface area (Å²) in [6, 6.07) is 7.40. The maximum Gasteiger partial charge on any atom is 0.166 e. The Hall–Kier alpha value is -3.23. The van der Waals surface area contributed by atoms with E-state index in [2.05, 4.69) is 4.90 Å². The van der Waals surface area contributed by atoms with Crippen molar-refractivity contribution < 1.29 is 24.4 Å². The van der Waals surface area contributed by atoms with Crippen molar-refractivity contribution >= 4 is 16.6 Å². The molecule has 5 aliphatic rings. The third-order valence-corrected chi connectivity index (χ3v) is 9.88. The van der Waals surface area contributed by atoms with Crippen molar-refractivity contribution in [3.8, 4) is 23.0 Å². The molecule has 8 rings (SSSR count). The van der Waals surface area contributed by atoms with E-state index in [-0.39, 0.29) is 11.8 Å². The molecule has 2 fully saturated rings. The minimum absolute atomic E-state index is 0.0513. The Balaban J connectivity index is 1.40. The van der Waals surface area contributed by atoms with Gasteiger partial charge in [0, 0.05) is 47.3 Å². The van der Waals surface area contributed by atoms with E-state index in [4.69, 9.17) is 24.9 Å². The van der Waals surface area contributed by atoms with Crippen LogP contribution >= 0.6 is 0 Å². The minimum atomic E-state index is -1.09. The molecule has 1 saturated carbocycles. The van der Waals surface area contributed by atoms with E-state index in [1.165, 1.54) is 12.8 Å². The van der Waals surface area contributed by atoms with Gasteiger partial charge in [0.05, 0.1) is 36.4 Å². The number of hydrogen-bond donors (Lipinski definition) is 3. The molecule has 0 radical (unpaired) electrons. The van der Waals surface area contributed by atoms with Crippen molar-refractivity contribution in [3.05, 3.63) is 46.6 Å². The zero-order valence-corrected chi connectivity index (χ0v) is 21.1. The van der Waals surface area contributed by atoms with Crippen LogP contribution in [0.3, 0.4) is 0 Å². The van der Waals surface area contributed by atoms with Crippen molar-refractivity contribution in [2.45, 2.75) is 55.3 Å². The highest BCUT2D eigenvalue weighted by molar-refractivity contribution is 5.95. The van der Waals surface area contributed by atoms with Crippen LogP contribution in [0.1, 0.15) is 47.8 Å². The highest BCUT2D eigenvalue weighted by Gasteiger charge is 2.73. The van der Waals surface area contributed by atoms with Crippen molar-refractivity contribution in [3.63, 3.8) is 0 Å². The zero-order chi connectivity index (χ0) is 25.3. The predicted molar refractivity (Wildman–Crippen MR) is 137 cm³/mol. The number of phenolic OH excluding ortho intramolecular Hbond substituents is 1. The molecule has 2 aromatic carbocycles. The average molecular weight is 502 g/mol. The molecule has 1 aromatic heterocycles.